The van der Waals surface area contributed by atoms with Crippen LogP contribution in [0, 0.1) is 11.8 Å². The van der Waals surface area contributed by atoms with Crippen molar-refractivity contribution in [2.45, 2.75) is 31.7 Å². The van der Waals surface area contributed by atoms with Gasteiger partial charge in [0.2, 0.25) is 0 Å². The summed E-state index contributed by atoms with van der Waals surface area (Å²) in [6.45, 7) is 0. The minimum atomic E-state index is -0.650. The zero-order valence-electron chi connectivity index (χ0n) is 9.13. The average Bonchev–Trinajstić information content (AvgIpc) is 2.81. The lowest BCUT2D eigenvalue weighted by atomic mass is 9.78. The summed E-state index contributed by atoms with van der Waals surface area (Å²) in [6, 6.07) is 4.18. The Morgan fingerprint density at radius 3 is 2.62 bits per heavy atom. The standard InChI is InChI=1S/C12H17NO2S/c13-11(10-2-1-7-16-10)8-3-5-9(6-4-8)12(14)15/h1-2,7-9,11H,3-6,13H2,(H,14,15). The summed E-state index contributed by atoms with van der Waals surface area (Å²) in [6.07, 6.45) is 3.43. The molecule has 0 amide bonds. The first-order chi connectivity index (χ1) is 7.68. The van der Waals surface area contributed by atoms with Crippen LogP contribution in [-0.4, -0.2) is 11.1 Å². The van der Waals surface area contributed by atoms with Crippen LogP contribution in [0.3, 0.4) is 0 Å². The number of rotatable bonds is 3. The van der Waals surface area contributed by atoms with Crippen LogP contribution in [0.5, 0.6) is 0 Å². The molecule has 2 rings (SSSR count). The predicted molar refractivity (Wildman–Crippen MR) is 64.3 cm³/mol. The van der Waals surface area contributed by atoms with E-state index in [0.29, 0.717) is 5.92 Å². The van der Waals surface area contributed by atoms with E-state index in [1.165, 1.54) is 4.88 Å². The Morgan fingerprint density at radius 1 is 1.44 bits per heavy atom. The zero-order chi connectivity index (χ0) is 11.5. The maximum Gasteiger partial charge on any atom is 0.306 e. The summed E-state index contributed by atoms with van der Waals surface area (Å²) < 4.78 is 0. The number of carboxylic acids is 1. The molecule has 1 heterocycles. The van der Waals surface area contributed by atoms with E-state index in [1.807, 2.05) is 11.4 Å². The molecule has 16 heavy (non-hydrogen) atoms. The van der Waals surface area contributed by atoms with E-state index in [0.717, 1.165) is 25.7 Å². The number of hydrogen-bond donors (Lipinski definition) is 2. The second-order valence-corrected chi connectivity index (χ2v) is 5.47. The van der Waals surface area contributed by atoms with Crippen molar-refractivity contribution >= 4 is 17.3 Å². The van der Waals surface area contributed by atoms with Crippen molar-refractivity contribution in [2.24, 2.45) is 17.6 Å². The quantitative estimate of drug-likeness (QED) is 0.852. The molecule has 1 unspecified atom stereocenters. The van der Waals surface area contributed by atoms with Gasteiger partial charge in [-0.2, -0.15) is 0 Å². The molecular weight excluding hydrogens is 222 g/mol. The zero-order valence-corrected chi connectivity index (χ0v) is 9.95. The molecule has 1 saturated carbocycles. The molecule has 4 heteroatoms. The molecule has 1 aliphatic carbocycles. The van der Waals surface area contributed by atoms with E-state index in [-0.39, 0.29) is 12.0 Å². The molecule has 0 bridgehead atoms. The predicted octanol–water partition coefficient (Wildman–Crippen LogP) is 2.64. The van der Waals surface area contributed by atoms with Gasteiger partial charge in [0.1, 0.15) is 0 Å². The molecule has 88 valence electrons. The molecule has 0 spiro atoms. The largest absolute Gasteiger partial charge is 0.481 e. The van der Waals surface area contributed by atoms with Crippen molar-refractivity contribution in [1.82, 2.24) is 0 Å². The van der Waals surface area contributed by atoms with Crippen LogP contribution in [0.4, 0.5) is 0 Å². The third-order valence-electron chi connectivity index (χ3n) is 3.50. The van der Waals surface area contributed by atoms with Gasteiger partial charge in [0.25, 0.3) is 0 Å². The van der Waals surface area contributed by atoms with E-state index < -0.39 is 5.97 Å². The van der Waals surface area contributed by atoms with Crippen molar-refractivity contribution in [3.05, 3.63) is 22.4 Å². The minimum Gasteiger partial charge on any atom is -0.481 e. The van der Waals surface area contributed by atoms with Gasteiger partial charge in [-0.05, 0) is 43.0 Å². The molecule has 0 saturated heterocycles. The highest BCUT2D eigenvalue weighted by atomic mass is 32.1. The number of carboxylic acid groups (broad SMARTS) is 1. The van der Waals surface area contributed by atoms with Crippen LogP contribution in [0.15, 0.2) is 17.5 Å². The van der Waals surface area contributed by atoms with Crippen molar-refractivity contribution in [2.75, 3.05) is 0 Å². The van der Waals surface area contributed by atoms with Gasteiger partial charge in [-0.25, -0.2) is 0 Å². The Labute approximate surface area is 99.3 Å². The summed E-state index contributed by atoms with van der Waals surface area (Å²) >= 11 is 1.69. The van der Waals surface area contributed by atoms with Gasteiger partial charge in [0.05, 0.1) is 5.92 Å². The van der Waals surface area contributed by atoms with Gasteiger partial charge < -0.3 is 10.8 Å². The van der Waals surface area contributed by atoms with E-state index in [2.05, 4.69) is 6.07 Å². The van der Waals surface area contributed by atoms with Gasteiger partial charge in [0.15, 0.2) is 0 Å². The molecule has 0 aromatic carbocycles. The van der Waals surface area contributed by atoms with Crippen LogP contribution in [0.25, 0.3) is 0 Å². The first-order valence-corrected chi connectivity index (χ1v) is 6.58. The van der Waals surface area contributed by atoms with E-state index >= 15 is 0 Å². The third kappa shape index (κ3) is 2.44. The summed E-state index contributed by atoms with van der Waals surface area (Å²) in [7, 11) is 0. The molecule has 1 atom stereocenters. The van der Waals surface area contributed by atoms with Crippen LogP contribution in [0.1, 0.15) is 36.6 Å². The summed E-state index contributed by atoms with van der Waals surface area (Å²) in [4.78, 5) is 12.1. The maximum atomic E-state index is 10.8. The summed E-state index contributed by atoms with van der Waals surface area (Å²) in [5.74, 6) is -0.343. The topological polar surface area (TPSA) is 63.3 Å². The molecule has 3 N–H and O–H groups in total. The Bertz CT molecular complexity index is 342. The molecule has 0 radical (unpaired) electrons. The van der Waals surface area contributed by atoms with Crippen LogP contribution >= 0.6 is 11.3 Å². The molecule has 1 aliphatic rings. The van der Waals surface area contributed by atoms with E-state index in [1.54, 1.807) is 11.3 Å². The lowest BCUT2D eigenvalue weighted by Crippen LogP contribution is -2.28. The van der Waals surface area contributed by atoms with Gasteiger partial charge in [-0.3, -0.25) is 4.79 Å². The van der Waals surface area contributed by atoms with Crippen molar-refractivity contribution in [3.63, 3.8) is 0 Å². The molecule has 0 aliphatic heterocycles. The lowest BCUT2D eigenvalue weighted by molar-refractivity contribution is -0.143. The molecule has 1 fully saturated rings. The maximum absolute atomic E-state index is 10.8. The second-order valence-electron chi connectivity index (χ2n) is 4.49. The SMILES string of the molecule is NC(c1cccs1)C1CCC(C(=O)O)CC1. The molecule has 1 aromatic rings. The Hall–Kier alpha value is -0.870. The molecule has 1 aromatic heterocycles. The minimum absolute atomic E-state index is 0.0924. The van der Waals surface area contributed by atoms with Gasteiger partial charge >= 0.3 is 5.97 Å². The number of nitrogens with two attached hydrogens (primary N) is 1. The van der Waals surface area contributed by atoms with Crippen molar-refractivity contribution in [1.29, 1.82) is 0 Å². The van der Waals surface area contributed by atoms with Gasteiger partial charge in [0, 0.05) is 10.9 Å². The fraction of sp³-hybridized carbons (Fsp3) is 0.583. The van der Waals surface area contributed by atoms with Gasteiger partial charge in [-0.15, -0.1) is 11.3 Å². The Morgan fingerprint density at radius 2 is 2.12 bits per heavy atom. The van der Waals surface area contributed by atoms with Crippen LogP contribution < -0.4 is 5.73 Å². The first kappa shape index (κ1) is 11.6. The number of aliphatic carboxylic acids is 1. The fourth-order valence-corrected chi connectivity index (χ4v) is 3.26. The average molecular weight is 239 g/mol. The van der Waals surface area contributed by atoms with Crippen molar-refractivity contribution in [3.8, 4) is 0 Å². The normalized spacial score (nSPS) is 27.6. The fourth-order valence-electron chi connectivity index (χ4n) is 2.44. The molecular formula is C12H17NO2S. The number of carbonyl (C=O) groups is 1. The highest BCUT2D eigenvalue weighted by Gasteiger charge is 2.29. The van der Waals surface area contributed by atoms with Crippen LogP contribution in [0.2, 0.25) is 0 Å². The lowest BCUT2D eigenvalue weighted by Gasteiger charge is -2.29. The second kappa shape index (κ2) is 4.97. The summed E-state index contributed by atoms with van der Waals surface area (Å²) in [5.41, 5.74) is 6.20. The van der Waals surface area contributed by atoms with Crippen LogP contribution in [-0.2, 0) is 4.79 Å². The van der Waals surface area contributed by atoms with E-state index in [4.69, 9.17) is 10.8 Å². The Kier molecular flexibility index (Phi) is 3.61. The molecule has 3 nitrogen and oxygen atoms in total. The van der Waals surface area contributed by atoms with Crippen molar-refractivity contribution < 1.29 is 9.90 Å². The van der Waals surface area contributed by atoms with E-state index in [9.17, 15) is 4.79 Å². The smallest absolute Gasteiger partial charge is 0.306 e. The summed E-state index contributed by atoms with van der Waals surface area (Å²) in [5, 5.41) is 11.0. The number of hydrogen-bond acceptors (Lipinski definition) is 3. The number of thiophene rings is 1. The third-order valence-corrected chi connectivity index (χ3v) is 4.47. The Balaban J connectivity index is 1.92. The monoisotopic (exact) mass is 239 g/mol. The van der Waals surface area contributed by atoms with Gasteiger partial charge in [-0.1, -0.05) is 6.07 Å². The highest BCUT2D eigenvalue weighted by molar-refractivity contribution is 7.10. The first-order valence-electron chi connectivity index (χ1n) is 5.70. The highest BCUT2D eigenvalue weighted by Crippen LogP contribution is 2.36.